The Morgan fingerprint density at radius 3 is 2.32 bits per heavy atom. The van der Waals surface area contributed by atoms with Crippen LogP contribution in [-0.4, -0.2) is 42.4 Å². The Kier molecular flexibility index (Phi) is 10.1. The van der Waals surface area contributed by atoms with Crippen molar-refractivity contribution < 1.29 is 18.8 Å². The second kappa shape index (κ2) is 13.5. The van der Waals surface area contributed by atoms with Crippen molar-refractivity contribution in [2.75, 3.05) is 11.9 Å². The minimum atomic E-state index is -0.932. The van der Waals surface area contributed by atoms with Gasteiger partial charge in [0.2, 0.25) is 17.7 Å². The van der Waals surface area contributed by atoms with Gasteiger partial charge in [0, 0.05) is 29.6 Å². The van der Waals surface area contributed by atoms with Gasteiger partial charge in [0.15, 0.2) is 0 Å². The summed E-state index contributed by atoms with van der Waals surface area (Å²) in [6, 6.07) is 13.0. The van der Waals surface area contributed by atoms with E-state index >= 15 is 0 Å². The molecule has 2 aromatic carbocycles. The molecule has 0 spiro atoms. The summed E-state index contributed by atoms with van der Waals surface area (Å²) in [5.41, 5.74) is 13.2. The van der Waals surface area contributed by atoms with Gasteiger partial charge in [-0.05, 0) is 62.9 Å². The first kappa shape index (κ1) is 28.5. The predicted octanol–water partition coefficient (Wildman–Crippen LogP) is 1.73. The summed E-state index contributed by atoms with van der Waals surface area (Å²) in [6.07, 6.45) is 1.85. The smallest absolute Gasteiger partial charge is 0.336 e. The highest BCUT2D eigenvalue weighted by Crippen LogP contribution is 2.21. The van der Waals surface area contributed by atoms with Crippen molar-refractivity contribution in [3.63, 3.8) is 0 Å². The summed E-state index contributed by atoms with van der Waals surface area (Å²) < 4.78 is 5.27. The lowest BCUT2D eigenvalue weighted by molar-refractivity contribution is -0.131. The summed E-state index contributed by atoms with van der Waals surface area (Å²) in [5, 5.41) is 9.03. The number of carbonyl (C=O) groups is 3. The summed E-state index contributed by atoms with van der Waals surface area (Å²) in [6.45, 7) is 3.78. The number of unbranched alkanes of at least 4 members (excludes halogenated alkanes) is 1. The van der Waals surface area contributed by atoms with E-state index in [2.05, 4.69) is 16.0 Å². The molecule has 1 heterocycles. The molecule has 0 radical (unpaired) electrons. The van der Waals surface area contributed by atoms with Crippen LogP contribution in [-0.2, 0) is 20.8 Å². The fourth-order valence-electron chi connectivity index (χ4n) is 4.03. The van der Waals surface area contributed by atoms with E-state index in [4.69, 9.17) is 15.9 Å². The number of amides is 3. The minimum absolute atomic E-state index is 0.228. The number of anilines is 1. The molecule has 0 saturated carbocycles. The lowest BCUT2D eigenvalue weighted by Gasteiger charge is -2.24. The number of nitrogens with two attached hydrogens (primary N) is 2. The van der Waals surface area contributed by atoms with Crippen LogP contribution in [0.3, 0.4) is 0 Å². The average Bonchev–Trinajstić information content (AvgIpc) is 2.87. The molecule has 0 saturated heterocycles. The lowest BCUT2D eigenvalue weighted by atomic mass is 10.0. The average molecular weight is 522 g/mol. The minimum Gasteiger partial charge on any atom is -0.423 e. The molecule has 202 valence electrons. The quantitative estimate of drug-likeness (QED) is 0.178. The molecule has 38 heavy (non-hydrogen) atoms. The third-order valence-corrected chi connectivity index (χ3v) is 6.13. The number of hydrogen-bond donors (Lipinski definition) is 5. The molecule has 0 aliphatic carbocycles. The molecule has 3 unspecified atom stereocenters. The number of benzene rings is 2. The topological polar surface area (TPSA) is 170 Å². The molecule has 0 bridgehead atoms. The van der Waals surface area contributed by atoms with E-state index in [1.807, 2.05) is 30.3 Å². The highest BCUT2D eigenvalue weighted by atomic mass is 16.4. The normalized spacial score (nSPS) is 13.4. The van der Waals surface area contributed by atoms with Crippen molar-refractivity contribution in [3.05, 3.63) is 76.1 Å². The Hall–Kier alpha value is -4.02. The van der Waals surface area contributed by atoms with Crippen LogP contribution in [0.15, 0.2) is 63.8 Å². The van der Waals surface area contributed by atoms with Gasteiger partial charge >= 0.3 is 5.63 Å². The fourth-order valence-corrected chi connectivity index (χ4v) is 4.03. The Morgan fingerprint density at radius 2 is 1.63 bits per heavy atom. The maximum absolute atomic E-state index is 13.3. The molecule has 3 aromatic rings. The number of fused-ring (bicyclic) bond motifs is 1. The third-order valence-electron chi connectivity index (χ3n) is 6.13. The van der Waals surface area contributed by atoms with Crippen molar-refractivity contribution in [1.82, 2.24) is 10.6 Å². The Labute approximate surface area is 221 Å². The zero-order valence-electron chi connectivity index (χ0n) is 21.7. The number of hydrogen-bond acceptors (Lipinski definition) is 7. The zero-order chi connectivity index (χ0) is 27.7. The van der Waals surface area contributed by atoms with Gasteiger partial charge in [-0.15, -0.1) is 0 Å². The van der Waals surface area contributed by atoms with Crippen LogP contribution in [0.4, 0.5) is 5.69 Å². The summed E-state index contributed by atoms with van der Waals surface area (Å²) in [5.74, 6) is -1.42. The van der Waals surface area contributed by atoms with Crippen molar-refractivity contribution >= 4 is 34.4 Å². The van der Waals surface area contributed by atoms with Crippen LogP contribution < -0.4 is 33.0 Å². The Morgan fingerprint density at radius 1 is 0.921 bits per heavy atom. The molecule has 7 N–H and O–H groups in total. The third kappa shape index (κ3) is 7.99. The molecule has 0 aliphatic rings. The van der Waals surface area contributed by atoms with Gasteiger partial charge in [0.1, 0.15) is 17.7 Å². The second-order valence-corrected chi connectivity index (χ2v) is 9.33. The Balaban J connectivity index is 1.80. The monoisotopic (exact) mass is 521 g/mol. The van der Waals surface area contributed by atoms with Gasteiger partial charge in [-0.25, -0.2) is 4.79 Å². The van der Waals surface area contributed by atoms with Crippen LogP contribution >= 0.6 is 0 Å². The number of rotatable bonds is 12. The molecule has 0 aliphatic heterocycles. The number of aryl methyl sites for hydroxylation is 1. The zero-order valence-corrected chi connectivity index (χ0v) is 21.7. The van der Waals surface area contributed by atoms with Crippen molar-refractivity contribution in [2.24, 2.45) is 11.5 Å². The van der Waals surface area contributed by atoms with E-state index in [9.17, 15) is 19.2 Å². The summed E-state index contributed by atoms with van der Waals surface area (Å²) in [4.78, 5) is 50.7. The molecule has 10 nitrogen and oxygen atoms in total. The second-order valence-electron chi connectivity index (χ2n) is 9.33. The molecule has 3 amide bonds. The maximum atomic E-state index is 13.3. The van der Waals surface area contributed by atoms with E-state index in [0.717, 1.165) is 16.5 Å². The summed E-state index contributed by atoms with van der Waals surface area (Å²) >= 11 is 0. The van der Waals surface area contributed by atoms with Crippen molar-refractivity contribution in [1.29, 1.82) is 0 Å². The molecule has 1 aromatic heterocycles. The molecule has 0 fully saturated rings. The van der Waals surface area contributed by atoms with Gasteiger partial charge in [-0.1, -0.05) is 30.3 Å². The van der Waals surface area contributed by atoms with Crippen LogP contribution in [0.5, 0.6) is 0 Å². The highest BCUT2D eigenvalue weighted by molar-refractivity contribution is 5.99. The lowest BCUT2D eigenvalue weighted by Crippen LogP contribution is -2.55. The van der Waals surface area contributed by atoms with E-state index in [0.29, 0.717) is 37.1 Å². The molecular formula is C28H35N5O5. The largest absolute Gasteiger partial charge is 0.423 e. The first-order chi connectivity index (χ1) is 18.2. The van der Waals surface area contributed by atoms with Crippen LogP contribution in [0.2, 0.25) is 0 Å². The van der Waals surface area contributed by atoms with E-state index in [1.54, 1.807) is 25.1 Å². The van der Waals surface area contributed by atoms with E-state index in [1.165, 1.54) is 13.0 Å². The van der Waals surface area contributed by atoms with Gasteiger partial charge in [0.05, 0.1) is 6.04 Å². The van der Waals surface area contributed by atoms with Gasteiger partial charge in [-0.2, -0.15) is 0 Å². The molecular weight excluding hydrogens is 486 g/mol. The maximum Gasteiger partial charge on any atom is 0.336 e. The fraction of sp³-hybridized carbons (Fsp3) is 0.357. The number of carbonyl (C=O) groups excluding carboxylic acids is 3. The molecule has 3 atom stereocenters. The predicted molar refractivity (Wildman–Crippen MR) is 146 cm³/mol. The van der Waals surface area contributed by atoms with Crippen LogP contribution in [0, 0.1) is 6.92 Å². The SMILES string of the molecule is Cc1cc(=O)oc2cc(NC(=O)C(CCCCN)NC(=O)C(Cc3ccccc3)NC(=O)C(C)N)ccc12. The standard InChI is InChI=1S/C28H35N5O5/c1-17-14-25(34)38-24-16-20(11-12-21(17)24)31-27(36)22(10-6-7-13-29)32-28(37)23(33-26(35)18(2)30)15-19-8-4-3-5-9-19/h3-5,8-9,11-12,14,16,18,22-23H,6-7,10,13,15,29-30H2,1-2H3,(H,31,36)(H,32,37)(H,33,35). The number of nitrogens with one attached hydrogen (secondary N) is 3. The highest BCUT2D eigenvalue weighted by Gasteiger charge is 2.27. The van der Waals surface area contributed by atoms with E-state index < -0.39 is 41.5 Å². The Bertz CT molecular complexity index is 1320. The first-order valence-electron chi connectivity index (χ1n) is 12.6. The van der Waals surface area contributed by atoms with Crippen molar-refractivity contribution in [2.45, 2.75) is 57.7 Å². The van der Waals surface area contributed by atoms with Gasteiger partial charge in [-0.3, -0.25) is 14.4 Å². The van der Waals surface area contributed by atoms with Gasteiger partial charge < -0.3 is 31.8 Å². The van der Waals surface area contributed by atoms with Crippen LogP contribution in [0.1, 0.15) is 37.3 Å². The van der Waals surface area contributed by atoms with Gasteiger partial charge in [0.25, 0.3) is 0 Å². The summed E-state index contributed by atoms with van der Waals surface area (Å²) in [7, 11) is 0. The molecule has 10 heteroatoms. The molecule has 3 rings (SSSR count). The van der Waals surface area contributed by atoms with Crippen molar-refractivity contribution in [3.8, 4) is 0 Å². The first-order valence-corrected chi connectivity index (χ1v) is 12.6. The van der Waals surface area contributed by atoms with E-state index in [-0.39, 0.29) is 6.42 Å². The van der Waals surface area contributed by atoms with Crippen LogP contribution in [0.25, 0.3) is 11.0 Å².